The van der Waals surface area contributed by atoms with Gasteiger partial charge in [-0.15, -0.1) is 6.42 Å². The van der Waals surface area contributed by atoms with E-state index in [0.29, 0.717) is 5.92 Å². The van der Waals surface area contributed by atoms with E-state index in [1.807, 2.05) is 12.1 Å². The van der Waals surface area contributed by atoms with Crippen LogP contribution < -0.4 is 0 Å². The summed E-state index contributed by atoms with van der Waals surface area (Å²) in [7, 11) is 0. The minimum Gasteiger partial charge on any atom is -0.115 e. The van der Waals surface area contributed by atoms with E-state index < -0.39 is 0 Å². The zero-order valence-electron chi connectivity index (χ0n) is 10.0. The first-order chi connectivity index (χ1) is 7.63. The van der Waals surface area contributed by atoms with Crippen LogP contribution in [-0.4, -0.2) is 0 Å². The minimum atomic E-state index is 0.497. The van der Waals surface area contributed by atoms with Gasteiger partial charge in [-0.25, -0.2) is 0 Å². The first-order valence-corrected chi connectivity index (χ1v) is 5.63. The second kappa shape index (κ2) is 4.02. The van der Waals surface area contributed by atoms with E-state index in [1.54, 1.807) is 0 Å². The molecule has 0 amide bonds. The number of terminal acetylenes is 1. The molecule has 0 nitrogen and oxygen atoms in total. The van der Waals surface area contributed by atoms with Crippen LogP contribution in [0.2, 0.25) is 0 Å². The molecule has 0 atom stereocenters. The molecule has 80 valence electrons. The Morgan fingerprint density at radius 2 is 1.94 bits per heavy atom. The fraction of sp³-hybridized carbons (Fsp3) is 0.250. The van der Waals surface area contributed by atoms with E-state index >= 15 is 0 Å². The average Bonchev–Trinajstić information content (AvgIpc) is 2.26. The van der Waals surface area contributed by atoms with Crippen molar-refractivity contribution >= 4 is 10.8 Å². The highest BCUT2D eigenvalue weighted by Gasteiger charge is 2.08. The van der Waals surface area contributed by atoms with Gasteiger partial charge in [-0.3, -0.25) is 0 Å². The molecule has 0 radical (unpaired) electrons. The molecule has 0 spiro atoms. The quantitative estimate of drug-likeness (QED) is 0.614. The summed E-state index contributed by atoms with van der Waals surface area (Å²) in [4.78, 5) is 0. The van der Waals surface area contributed by atoms with Crippen molar-refractivity contribution in [3.8, 4) is 12.3 Å². The van der Waals surface area contributed by atoms with E-state index in [1.165, 1.54) is 21.9 Å². The largest absolute Gasteiger partial charge is 0.115 e. The van der Waals surface area contributed by atoms with E-state index in [4.69, 9.17) is 6.42 Å². The molecule has 0 bridgehead atoms. The van der Waals surface area contributed by atoms with Crippen LogP contribution >= 0.6 is 0 Å². The molecule has 0 N–H and O–H groups in total. The van der Waals surface area contributed by atoms with Gasteiger partial charge in [0.2, 0.25) is 0 Å². The first kappa shape index (κ1) is 10.8. The van der Waals surface area contributed by atoms with Crippen LogP contribution in [-0.2, 0) is 0 Å². The predicted octanol–water partition coefficient (Wildman–Crippen LogP) is 4.25. The summed E-state index contributed by atoms with van der Waals surface area (Å²) >= 11 is 0. The third kappa shape index (κ3) is 1.70. The molecule has 2 aromatic rings. The lowest BCUT2D eigenvalue weighted by molar-refractivity contribution is 0.874. The van der Waals surface area contributed by atoms with Crippen molar-refractivity contribution in [1.82, 2.24) is 0 Å². The molecule has 0 fully saturated rings. The van der Waals surface area contributed by atoms with Crippen LogP contribution in [0.5, 0.6) is 0 Å². The fourth-order valence-corrected chi connectivity index (χ4v) is 2.19. The third-order valence-electron chi connectivity index (χ3n) is 2.93. The second-order valence-corrected chi connectivity index (χ2v) is 4.56. The average molecular weight is 208 g/mol. The summed E-state index contributed by atoms with van der Waals surface area (Å²) in [5, 5.41) is 2.49. The Morgan fingerprint density at radius 1 is 1.19 bits per heavy atom. The lowest BCUT2D eigenvalue weighted by Gasteiger charge is -2.13. The zero-order valence-corrected chi connectivity index (χ0v) is 10.0. The van der Waals surface area contributed by atoms with Gasteiger partial charge < -0.3 is 0 Å². The monoisotopic (exact) mass is 208 g/mol. The lowest BCUT2D eigenvalue weighted by Crippen LogP contribution is -1.93. The third-order valence-corrected chi connectivity index (χ3v) is 2.93. The highest BCUT2D eigenvalue weighted by atomic mass is 14.1. The number of fused-ring (bicyclic) bond motifs is 1. The molecule has 0 aromatic heterocycles. The van der Waals surface area contributed by atoms with Gasteiger partial charge in [0.25, 0.3) is 0 Å². The number of hydrogen-bond donors (Lipinski definition) is 0. The Morgan fingerprint density at radius 3 is 2.56 bits per heavy atom. The Balaban J connectivity index is 2.92. The van der Waals surface area contributed by atoms with Crippen molar-refractivity contribution in [2.75, 3.05) is 0 Å². The van der Waals surface area contributed by atoms with Crippen molar-refractivity contribution in [3.63, 3.8) is 0 Å². The Kier molecular flexibility index (Phi) is 2.71. The normalized spacial score (nSPS) is 10.7. The van der Waals surface area contributed by atoms with Crippen molar-refractivity contribution in [1.29, 1.82) is 0 Å². The van der Waals surface area contributed by atoms with Gasteiger partial charge in [0.1, 0.15) is 0 Å². The predicted molar refractivity (Wildman–Crippen MR) is 70.7 cm³/mol. The van der Waals surface area contributed by atoms with Crippen LogP contribution in [0.15, 0.2) is 30.3 Å². The van der Waals surface area contributed by atoms with E-state index in [9.17, 15) is 0 Å². The molecule has 2 rings (SSSR count). The van der Waals surface area contributed by atoms with Crippen LogP contribution in [0.25, 0.3) is 10.8 Å². The molecule has 0 saturated heterocycles. The molecule has 0 saturated carbocycles. The molecule has 2 aromatic carbocycles. The highest BCUT2D eigenvalue weighted by Crippen LogP contribution is 2.29. The van der Waals surface area contributed by atoms with Crippen molar-refractivity contribution in [3.05, 3.63) is 47.0 Å². The summed E-state index contributed by atoms with van der Waals surface area (Å²) in [5.74, 6) is 3.28. The molecular weight excluding hydrogens is 192 g/mol. The smallest absolute Gasteiger partial charge is 0.0323 e. The number of aryl methyl sites for hydroxylation is 1. The maximum Gasteiger partial charge on any atom is 0.0323 e. The van der Waals surface area contributed by atoms with Gasteiger partial charge >= 0.3 is 0 Å². The molecule has 0 aliphatic carbocycles. The Hall–Kier alpha value is -1.74. The van der Waals surface area contributed by atoms with E-state index in [-0.39, 0.29) is 0 Å². The van der Waals surface area contributed by atoms with Crippen LogP contribution in [0.4, 0.5) is 0 Å². The SMILES string of the molecule is C#Cc1cccc2cc(C)cc(C(C)C)c12. The van der Waals surface area contributed by atoms with E-state index in [0.717, 1.165) is 5.56 Å². The molecular formula is C16H16. The second-order valence-electron chi connectivity index (χ2n) is 4.56. The first-order valence-electron chi connectivity index (χ1n) is 5.63. The van der Waals surface area contributed by atoms with Gasteiger partial charge in [0, 0.05) is 10.9 Å². The maximum atomic E-state index is 5.57. The summed E-state index contributed by atoms with van der Waals surface area (Å²) in [6.45, 7) is 6.55. The van der Waals surface area contributed by atoms with Gasteiger partial charge in [0.15, 0.2) is 0 Å². The fourth-order valence-electron chi connectivity index (χ4n) is 2.19. The summed E-state index contributed by atoms with van der Waals surface area (Å²) in [5.41, 5.74) is 3.65. The zero-order chi connectivity index (χ0) is 11.7. The van der Waals surface area contributed by atoms with Crippen molar-refractivity contribution in [2.45, 2.75) is 26.7 Å². The maximum absolute atomic E-state index is 5.57. The molecule has 0 heterocycles. The molecule has 0 aliphatic rings. The summed E-state index contributed by atoms with van der Waals surface area (Å²) in [6.07, 6.45) is 5.57. The highest BCUT2D eigenvalue weighted by molar-refractivity contribution is 5.92. The van der Waals surface area contributed by atoms with Gasteiger partial charge in [0.05, 0.1) is 0 Å². The van der Waals surface area contributed by atoms with E-state index in [2.05, 4.69) is 44.9 Å². The van der Waals surface area contributed by atoms with Gasteiger partial charge in [-0.05, 0) is 29.9 Å². The number of rotatable bonds is 1. The van der Waals surface area contributed by atoms with Gasteiger partial charge in [-0.2, -0.15) is 0 Å². The van der Waals surface area contributed by atoms with Crippen LogP contribution in [0.1, 0.15) is 36.5 Å². The summed E-state index contributed by atoms with van der Waals surface area (Å²) in [6, 6.07) is 10.6. The van der Waals surface area contributed by atoms with Crippen molar-refractivity contribution < 1.29 is 0 Å². The molecule has 0 heteroatoms. The van der Waals surface area contributed by atoms with Crippen molar-refractivity contribution in [2.24, 2.45) is 0 Å². The molecule has 0 aliphatic heterocycles. The summed E-state index contributed by atoms with van der Waals surface area (Å²) < 4.78 is 0. The topological polar surface area (TPSA) is 0 Å². The standard InChI is InChI=1S/C16H16/c1-5-13-7-6-8-14-9-12(4)10-15(11(2)3)16(13)14/h1,6-11H,2-4H3. The lowest BCUT2D eigenvalue weighted by atomic mass is 9.91. The van der Waals surface area contributed by atoms with Gasteiger partial charge in [-0.1, -0.05) is 49.6 Å². The minimum absolute atomic E-state index is 0.497. The number of benzene rings is 2. The van der Waals surface area contributed by atoms with Crippen LogP contribution in [0.3, 0.4) is 0 Å². The number of hydrogen-bond acceptors (Lipinski definition) is 0. The Labute approximate surface area is 97.3 Å². The molecule has 0 unspecified atom stereocenters. The molecule has 16 heavy (non-hydrogen) atoms. The van der Waals surface area contributed by atoms with Crippen LogP contribution in [0, 0.1) is 19.3 Å². The Bertz CT molecular complexity index is 568.